The predicted molar refractivity (Wildman–Crippen MR) is 113 cm³/mol. The summed E-state index contributed by atoms with van der Waals surface area (Å²) in [7, 11) is 0. The molecule has 0 atom stereocenters. The van der Waals surface area contributed by atoms with E-state index in [9.17, 15) is 9.18 Å². The minimum atomic E-state index is -0.345. The van der Waals surface area contributed by atoms with Crippen molar-refractivity contribution in [2.75, 3.05) is 5.32 Å². The van der Waals surface area contributed by atoms with Crippen molar-refractivity contribution in [2.24, 2.45) is 0 Å². The van der Waals surface area contributed by atoms with E-state index in [4.69, 9.17) is 0 Å². The third-order valence-corrected chi connectivity index (χ3v) is 4.26. The van der Waals surface area contributed by atoms with Gasteiger partial charge < -0.3 is 10.6 Å². The molecule has 2 aromatic carbocycles. The van der Waals surface area contributed by atoms with Crippen LogP contribution < -0.4 is 10.6 Å². The van der Waals surface area contributed by atoms with Crippen molar-refractivity contribution in [1.82, 2.24) is 20.3 Å². The number of amides is 1. The first-order valence-corrected chi connectivity index (χ1v) is 9.32. The van der Waals surface area contributed by atoms with Gasteiger partial charge in [0, 0.05) is 23.5 Å². The number of pyridine rings is 1. The van der Waals surface area contributed by atoms with Gasteiger partial charge in [0.2, 0.25) is 0 Å². The maximum Gasteiger partial charge on any atom is 0.270 e. The van der Waals surface area contributed by atoms with Gasteiger partial charge in [-0.2, -0.15) is 0 Å². The summed E-state index contributed by atoms with van der Waals surface area (Å²) in [5.74, 6) is 0.161. The zero-order chi connectivity index (χ0) is 20.8. The van der Waals surface area contributed by atoms with E-state index in [1.54, 1.807) is 24.4 Å². The Balaban J connectivity index is 1.62. The van der Waals surface area contributed by atoms with Crippen molar-refractivity contribution < 1.29 is 9.18 Å². The number of nitrogens with zero attached hydrogens (tertiary/aromatic N) is 3. The average Bonchev–Trinajstić information content (AvgIpc) is 2.80. The molecule has 148 valence electrons. The molecule has 30 heavy (non-hydrogen) atoms. The Labute approximate surface area is 172 Å². The topological polar surface area (TPSA) is 79.8 Å². The van der Waals surface area contributed by atoms with Crippen molar-refractivity contribution >= 4 is 17.4 Å². The Morgan fingerprint density at radius 3 is 2.40 bits per heavy atom. The van der Waals surface area contributed by atoms with Gasteiger partial charge in [0.25, 0.3) is 5.91 Å². The van der Waals surface area contributed by atoms with Gasteiger partial charge in [-0.3, -0.25) is 9.78 Å². The van der Waals surface area contributed by atoms with Crippen molar-refractivity contribution in [3.05, 3.63) is 102 Å². The summed E-state index contributed by atoms with van der Waals surface area (Å²) in [6.45, 7) is 0.283. The number of nitrogens with one attached hydrogen (secondary N) is 2. The van der Waals surface area contributed by atoms with Gasteiger partial charge in [-0.1, -0.05) is 36.4 Å². The second kappa shape index (κ2) is 8.91. The van der Waals surface area contributed by atoms with Crippen LogP contribution in [0.3, 0.4) is 0 Å². The SMILES string of the molecule is O=C(NCc1ccccn1)c1cc(Nc2ccc(F)cc2)nc(-c2ccccc2)n1. The summed E-state index contributed by atoms with van der Waals surface area (Å²) >= 11 is 0. The first-order valence-electron chi connectivity index (χ1n) is 9.32. The molecule has 0 spiro atoms. The number of rotatable bonds is 6. The maximum absolute atomic E-state index is 13.2. The first kappa shape index (κ1) is 19.2. The molecule has 0 aliphatic rings. The van der Waals surface area contributed by atoms with Crippen LogP contribution in [-0.4, -0.2) is 20.9 Å². The minimum absolute atomic E-state index is 0.212. The minimum Gasteiger partial charge on any atom is -0.345 e. The van der Waals surface area contributed by atoms with E-state index in [1.165, 1.54) is 12.1 Å². The van der Waals surface area contributed by atoms with Gasteiger partial charge >= 0.3 is 0 Å². The number of hydrogen-bond donors (Lipinski definition) is 2. The number of anilines is 2. The molecule has 0 saturated carbocycles. The highest BCUT2D eigenvalue weighted by Crippen LogP contribution is 2.21. The summed E-state index contributed by atoms with van der Waals surface area (Å²) in [4.78, 5) is 25.9. The summed E-state index contributed by atoms with van der Waals surface area (Å²) < 4.78 is 13.2. The molecule has 2 N–H and O–H groups in total. The summed E-state index contributed by atoms with van der Waals surface area (Å²) in [6.07, 6.45) is 1.67. The number of hydrogen-bond acceptors (Lipinski definition) is 5. The predicted octanol–water partition coefficient (Wildman–Crippen LogP) is 4.35. The van der Waals surface area contributed by atoms with E-state index in [-0.39, 0.29) is 24.0 Å². The van der Waals surface area contributed by atoms with E-state index in [0.29, 0.717) is 17.3 Å². The van der Waals surface area contributed by atoms with Crippen molar-refractivity contribution in [1.29, 1.82) is 0 Å². The second-order valence-corrected chi connectivity index (χ2v) is 6.46. The molecular weight excluding hydrogens is 381 g/mol. The number of halogens is 1. The zero-order valence-electron chi connectivity index (χ0n) is 15.9. The van der Waals surface area contributed by atoms with Crippen LogP contribution in [0.5, 0.6) is 0 Å². The van der Waals surface area contributed by atoms with Crippen LogP contribution in [0, 0.1) is 5.82 Å². The standard InChI is InChI=1S/C23H18FN5O/c24-17-9-11-18(12-10-17)27-21-14-20(23(30)26-15-19-8-4-5-13-25-19)28-22(29-21)16-6-2-1-3-7-16/h1-14H,15H2,(H,26,30)(H,27,28,29). The van der Waals surface area contributed by atoms with E-state index < -0.39 is 0 Å². The molecule has 4 aromatic rings. The van der Waals surface area contributed by atoms with Crippen LogP contribution >= 0.6 is 0 Å². The Morgan fingerprint density at radius 2 is 1.67 bits per heavy atom. The summed E-state index contributed by atoms with van der Waals surface area (Å²) in [5.41, 5.74) is 2.38. The van der Waals surface area contributed by atoms with E-state index in [2.05, 4.69) is 25.6 Å². The Kier molecular flexibility index (Phi) is 5.70. The molecule has 0 saturated heterocycles. The zero-order valence-corrected chi connectivity index (χ0v) is 15.9. The van der Waals surface area contributed by atoms with Crippen molar-refractivity contribution in [3.63, 3.8) is 0 Å². The molecule has 2 heterocycles. The molecule has 0 fully saturated rings. The van der Waals surface area contributed by atoms with E-state index in [1.807, 2.05) is 48.5 Å². The van der Waals surface area contributed by atoms with Gasteiger partial charge in [0.1, 0.15) is 17.3 Å². The average molecular weight is 399 g/mol. The third kappa shape index (κ3) is 4.82. The lowest BCUT2D eigenvalue weighted by Crippen LogP contribution is -2.24. The molecule has 0 bridgehead atoms. The lowest BCUT2D eigenvalue weighted by molar-refractivity contribution is 0.0945. The largest absolute Gasteiger partial charge is 0.345 e. The van der Waals surface area contributed by atoms with Crippen molar-refractivity contribution in [2.45, 2.75) is 6.54 Å². The molecule has 4 rings (SSSR count). The fourth-order valence-corrected chi connectivity index (χ4v) is 2.79. The lowest BCUT2D eigenvalue weighted by Gasteiger charge is -2.11. The summed E-state index contributed by atoms with van der Waals surface area (Å²) in [5, 5.41) is 5.92. The normalized spacial score (nSPS) is 10.4. The van der Waals surface area contributed by atoms with Gasteiger partial charge in [-0.25, -0.2) is 14.4 Å². The molecule has 6 nitrogen and oxygen atoms in total. The number of carbonyl (C=O) groups is 1. The van der Waals surface area contributed by atoms with Crippen LogP contribution in [0.2, 0.25) is 0 Å². The molecular formula is C23H18FN5O. The third-order valence-electron chi connectivity index (χ3n) is 4.26. The maximum atomic E-state index is 13.2. The van der Waals surface area contributed by atoms with Crippen LogP contribution in [0.15, 0.2) is 85.1 Å². The van der Waals surface area contributed by atoms with Gasteiger partial charge in [0.05, 0.1) is 12.2 Å². The highest BCUT2D eigenvalue weighted by atomic mass is 19.1. The smallest absolute Gasteiger partial charge is 0.270 e. The number of aromatic nitrogens is 3. The van der Waals surface area contributed by atoms with Crippen LogP contribution in [0.4, 0.5) is 15.9 Å². The summed E-state index contributed by atoms with van der Waals surface area (Å²) in [6, 6.07) is 22.3. The fraction of sp³-hybridized carbons (Fsp3) is 0.0435. The highest BCUT2D eigenvalue weighted by Gasteiger charge is 2.13. The fourth-order valence-electron chi connectivity index (χ4n) is 2.79. The van der Waals surface area contributed by atoms with E-state index in [0.717, 1.165) is 11.3 Å². The Morgan fingerprint density at radius 1 is 0.900 bits per heavy atom. The van der Waals surface area contributed by atoms with Gasteiger partial charge in [-0.05, 0) is 36.4 Å². The number of carbonyl (C=O) groups excluding carboxylic acids is 1. The van der Waals surface area contributed by atoms with Crippen LogP contribution in [0.25, 0.3) is 11.4 Å². The molecule has 0 aliphatic carbocycles. The van der Waals surface area contributed by atoms with Crippen molar-refractivity contribution in [3.8, 4) is 11.4 Å². The Bertz CT molecular complexity index is 1140. The number of benzene rings is 2. The quantitative estimate of drug-likeness (QED) is 0.504. The van der Waals surface area contributed by atoms with E-state index >= 15 is 0 Å². The molecule has 0 unspecified atom stereocenters. The molecule has 7 heteroatoms. The molecule has 1 amide bonds. The van der Waals surface area contributed by atoms with Crippen LogP contribution in [-0.2, 0) is 6.54 Å². The molecule has 0 aliphatic heterocycles. The van der Waals surface area contributed by atoms with Gasteiger partial charge in [0.15, 0.2) is 5.82 Å². The monoisotopic (exact) mass is 399 g/mol. The highest BCUT2D eigenvalue weighted by molar-refractivity contribution is 5.93. The lowest BCUT2D eigenvalue weighted by atomic mass is 10.2. The van der Waals surface area contributed by atoms with Gasteiger partial charge in [-0.15, -0.1) is 0 Å². The second-order valence-electron chi connectivity index (χ2n) is 6.46. The van der Waals surface area contributed by atoms with Crippen LogP contribution in [0.1, 0.15) is 16.2 Å². The Hall–Kier alpha value is -4.13. The molecule has 2 aromatic heterocycles. The first-order chi connectivity index (χ1) is 14.7. The molecule has 0 radical (unpaired) electrons.